The van der Waals surface area contributed by atoms with Gasteiger partial charge in [0.25, 0.3) is 5.91 Å². The molecule has 2 aromatic heterocycles. The zero-order valence-corrected chi connectivity index (χ0v) is 15.6. The topological polar surface area (TPSA) is 64.1 Å². The van der Waals surface area contributed by atoms with Crippen LogP contribution in [0.3, 0.4) is 0 Å². The second-order valence-electron chi connectivity index (χ2n) is 6.40. The van der Waals surface area contributed by atoms with E-state index in [2.05, 4.69) is 15.3 Å². The van der Waals surface area contributed by atoms with Crippen molar-refractivity contribution in [1.29, 1.82) is 0 Å². The van der Waals surface area contributed by atoms with Crippen molar-refractivity contribution in [1.82, 2.24) is 15.3 Å². The highest BCUT2D eigenvalue weighted by Crippen LogP contribution is 2.27. The third kappa shape index (κ3) is 3.97. The first-order valence-corrected chi connectivity index (χ1v) is 9.80. The molecular weight excluding hydrogens is 370 g/mol. The molecule has 1 aliphatic rings. The number of amides is 1. The highest BCUT2D eigenvalue weighted by Gasteiger charge is 2.25. The van der Waals surface area contributed by atoms with E-state index in [0.29, 0.717) is 11.0 Å². The zero-order chi connectivity index (χ0) is 17.9. The van der Waals surface area contributed by atoms with Gasteiger partial charge in [-0.1, -0.05) is 29.8 Å². The Labute approximate surface area is 160 Å². The number of benzene rings is 1. The molecule has 1 aliphatic carbocycles. The van der Waals surface area contributed by atoms with E-state index in [4.69, 9.17) is 16.3 Å². The smallest absolute Gasteiger partial charge is 0.316 e. The van der Waals surface area contributed by atoms with Crippen LogP contribution >= 0.6 is 22.9 Å². The maximum atomic E-state index is 12.5. The predicted octanol–water partition coefficient (Wildman–Crippen LogP) is 4.46. The molecule has 1 N–H and O–H groups in total. The number of carbonyl (C=O) groups is 1. The number of ether oxygens (including phenoxy) is 1. The molecule has 1 aromatic carbocycles. The third-order valence-corrected chi connectivity index (χ3v) is 5.84. The van der Waals surface area contributed by atoms with Crippen LogP contribution in [0, 0.1) is 0 Å². The SMILES string of the molecule is O=C(NC1CCC(Oc2ncc(Cl)cn2)CC1)c1cc2ccccc2s1. The molecule has 0 bridgehead atoms. The summed E-state index contributed by atoms with van der Waals surface area (Å²) in [4.78, 5) is 21.4. The number of thiophene rings is 1. The fourth-order valence-electron chi connectivity index (χ4n) is 3.19. The van der Waals surface area contributed by atoms with Crippen LogP contribution in [0.25, 0.3) is 10.1 Å². The summed E-state index contributed by atoms with van der Waals surface area (Å²) in [7, 11) is 0. The quantitative estimate of drug-likeness (QED) is 0.717. The Balaban J connectivity index is 1.30. The van der Waals surface area contributed by atoms with Crippen molar-refractivity contribution < 1.29 is 9.53 Å². The van der Waals surface area contributed by atoms with E-state index >= 15 is 0 Å². The van der Waals surface area contributed by atoms with Crippen LogP contribution in [-0.2, 0) is 0 Å². The molecule has 134 valence electrons. The van der Waals surface area contributed by atoms with Gasteiger partial charge in [0.1, 0.15) is 6.10 Å². The van der Waals surface area contributed by atoms with Gasteiger partial charge >= 0.3 is 6.01 Å². The van der Waals surface area contributed by atoms with Gasteiger partial charge in [0.2, 0.25) is 0 Å². The normalized spacial score (nSPS) is 20.0. The maximum Gasteiger partial charge on any atom is 0.316 e. The molecule has 5 nitrogen and oxygen atoms in total. The number of halogens is 1. The second-order valence-corrected chi connectivity index (χ2v) is 7.92. The molecular formula is C19H18ClN3O2S. The summed E-state index contributed by atoms with van der Waals surface area (Å²) in [6.07, 6.45) is 6.63. The molecule has 1 fully saturated rings. The van der Waals surface area contributed by atoms with E-state index in [1.807, 2.05) is 30.3 Å². The van der Waals surface area contributed by atoms with Gasteiger partial charge in [-0.25, -0.2) is 9.97 Å². The van der Waals surface area contributed by atoms with E-state index in [1.54, 1.807) is 0 Å². The predicted molar refractivity (Wildman–Crippen MR) is 103 cm³/mol. The Kier molecular flexibility index (Phi) is 5.04. The summed E-state index contributed by atoms with van der Waals surface area (Å²) < 4.78 is 6.93. The molecule has 0 spiro atoms. The van der Waals surface area contributed by atoms with Crippen molar-refractivity contribution in [2.75, 3.05) is 0 Å². The van der Waals surface area contributed by atoms with E-state index in [-0.39, 0.29) is 18.1 Å². The first-order chi connectivity index (χ1) is 12.7. The number of carbonyl (C=O) groups excluding carboxylic acids is 1. The standard InChI is InChI=1S/C19H18ClN3O2S/c20-13-10-21-19(22-11-13)25-15-7-5-14(6-8-15)23-18(24)17-9-12-3-1-2-4-16(12)26-17/h1-4,9-11,14-15H,5-8H2,(H,23,24). The Bertz CT molecular complexity index is 872. The third-order valence-electron chi connectivity index (χ3n) is 4.53. The minimum Gasteiger partial charge on any atom is -0.460 e. The zero-order valence-electron chi connectivity index (χ0n) is 14.0. The van der Waals surface area contributed by atoms with E-state index in [0.717, 1.165) is 40.6 Å². The van der Waals surface area contributed by atoms with Crippen molar-refractivity contribution in [3.8, 4) is 6.01 Å². The molecule has 2 heterocycles. The Morgan fingerprint density at radius 1 is 1.15 bits per heavy atom. The van der Waals surface area contributed by atoms with Crippen molar-refractivity contribution in [3.05, 3.63) is 52.6 Å². The van der Waals surface area contributed by atoms with Crippen LogP contribution in [-0.4, -0.2) is 28.0 Å². The molecule has 0 aliphatic heterocycles. The molecule has 7 heteroatoms. The molecule has 1 saturated carbocycles. The average molecular weight is 388 g/mol. The Hall–Kier alpha value is -2.18. The highest BCUT2D eigenvalue weighted by molar-refractivity contribution is 7.20. The fourth-order valence-corrected chi connectivity index (χ4v) is 4.25. The molecule has 4 rings (SSSR count). The van der Waals surface area contributed by atoms with Crippen LogP contribution in [0.2, 0.25) is 5.02 Å². The lowest BCUT2D eigenvalue weighted by Crippen LogP contribution is -2.39. The average Bonchev–Trinajstić information content (AvgIpc) is 3.10. The van der Waals surface area contributed by atoms with Crippen molar-refractivity contribution >= 4 is 38.9 Å². The van der Waals surface area contributed by atoms with E-state index < -0.39 is 0 Å². The first-order valence-electron chi connectivity index (χ1n) is 8.61. The number of nitrogens with one attached hydrogen (secondary N) is 1. The fraction of sp³-hybridized carbons (Fsp3) is 0.316. The summed E-state index contributed by atoms with van der Waals surface area (Å²) in [5.41, 5.74) is 0. The van der Waals surface area contributed by atoms with Crippen LogP contribution in [0.15, 0.2) is 42.7 Å². The molecule has 1 amide bonds. The lowest BCUT2D eigenvalue weighted by Gasteiger charge is -2.28. The molecule has 0 saturated heterocycles. The summed E-state index contributed by atoms with van der Waals surface area (Å²) in [6, 6.07) is 10.5. The van der Waals surface area contributed by atoms with Gasteiger partial charge in [0, 0.05) is 10.7 Å². The Morgan fingerprint density at radius 2 is 1.88 bits per heavy atom. The molecule has 3 aromatic rings. The van der Waals surface area contributed by atoms with Gasteiger partial charge < -0.3 is 10.1 Å². The number of aromatic nitrogens is 2. The maximum absolute atomic E-state index is 12.5. The van der Waals surface area contributed by atoms with Crippen molar-refractivity contribution in [3.63, 3.8) is 0 Å². The summed E-state index contributed by atoms with van der Waals surface area (Å²) in [6.45, 7) is 0. The van der Waals surface area contributed by atoms with E-state index in [9.17, 15) is 4.79 Å². The van der Waals surface area contributed by atoms with Gasteiger partial charge in [-0.3, -0.25) is 4.79 Å². The minimum absolute atomic E-state index is 0.0107. The van der Waals surface area contributed by atoms with Crippen LogP contribution in [0.4, 0.5) is 0 Å². The van der Waals surface area contributed by atoms with Gasteiger partial charge in [0.05, 0.1) is 22.3 Å². The first kappa shape index (κ1) is 17.2. The number of hydrogen-bond acceptors (Lipinski definition) is 5. The molecule has 0 atom stereocenters. The van der Waals surface area contributed by atoms with Crippen LogP contribution in [0.5, 0.6) is 6.01 Å². The van der Waals surface area contributed by atoms with Gasteiger partial charge in [-0.2, -0.15) is 0 Å². The molecule has 0 radical (unpaired) electrons. The number of rotatable bonds is 4. The van der Waals surface area contributed by atoms with Crippen molar-refractivity contribution in [2.24, 2.45) is 0 Å². The van der Waals surface area contributed by atoms with Crippen molar-refractivity contribution in [2.45, 2.75) is 37.8 Å². The summed E-state index contributed by atoms with van der Waals surface area (Å²) in [5.74, 6) is 0.0107. The van der Waals surface area contributed by atoms with Gasteiger partial charge in [-0.05, 0) is 43.2 Å². The molecule has 0 unspecified atom stereocenters. The van der Waals surface area contributed by atoms with Gasteiger partial charge in [-0.15, -0.1) is 11.3 Å². The lowest BCUT2D eigenvalue weighted by molar-refractivity contribution is 0.0889. The van der Waals surface area contributed by atoms with Crippen LogP contribution in [0.1, 0.15) is 35.4 Å². The number of fused-ring (bicyclic) bond motifs is 1. The van der Waals surface area contributed by atoms with E-state index in [1.165, 1.54) is 23.7 Å². The number of hydrogen-bond donors (Lipinski definition) is 1. The minimum atomic E-state index is 0.0107. The lowest BCUT2D eigenvalue weighted by atomic mass is 9.93. The van der Waals surface area contributed by atoms with Crippen LogP contribution < -0.4 is 10.1 Å². The summed E-state index contributed by atoms with van der Waals surface area (Å²) in [5, 5.41) is 4.76. The molecule has 26 heavy (non-hydrogen) atoms. The highest BCUT2D eigenvalue weighted by atomic mass is 35.5. The summed E-state index contributed by atoms with van der Waals surface area (Å²) >= 11 is 7.31. The van der Waals surface area contributed by atoms with Gasteiger partial charge in [0.15, 0.2) is 0 Å². The largest absolute Gasteiger partial charge is 0.460 e. The second kappa shape index (κ2) is 7.60. The monoisotopic (exact) mass is 387 g/mol. The number of nitrogens with zero attached hydrogens (tertiary/aromatic N) is 2. The Morgan fingerprint density at radius 3 is 2.62 bits per heavy atom.